The molecule has 0 aromatic heterocycles. The van der Waals surface area contributed by atoms with Crippen LogP contribution in [-0.2, 0) is 10.0 Å². The predicted octanol–water partition coefficient (Wildman–Crippen LogP) is 1.98. The first-order chi connectivity index (χ1) is 9.94. The molecule has 2 unspecified atom stereocenters. The van der Waals surface area contributed by atoms with Crippen molar-refractivity contribution in [3.63, 3.8) is 0 Å². The fraction of sp³-hybridized carbons (Fsp3) is 0.600. The van der Waals surface area contributed by atoms with E-state index in [1.165, 1.54) is 6.07 Å². The Morgan fingerprint density at radius 1 is 1.24 bits per heavy atom. The summed E-state index contributed by atoms with van der Waals surface area (Å²) in [5, 5.41) is 10.0. The molecule has 0 heterocycles. The molecular weight excluding hydrogens is 290 g/mol. The maximum atomic E-state index is 12.4. The fourth-order valence-electron chi connectivity index (χ4n) is 2.71. The Morgan fingerprint density at radius 2 is 1.95 bits per heavy atom. The molecule has 1 fully saturated rings. The predicted molar refractivity (Wildman–Crippen MR) is 80.9 cm³/mol. The Morgan fingerprint density at radius 3 is 2.62 bits per heavy atom. The number of nitrogens with one attached hydrogen (secondary N) is 1. The van der Waals surface area contributed by atoms with Gasteiger partial charge in [-0.25, -0.2) is 13.1 Å². The lowest BCUT2D eigenvalue weighted by molar-refractivity contribution is 0.130. The van der Waals surface area contributed by atoms with Crippen LogP contribution in [0.15, 0.2) is 23.1 Å². The number of hydrogen-bond donors (Lipinski definition) is 2. The zero-order chi connectivity index (χ0) is 15.5. The molecule has 1 aromatic carbocycles. The zero-order valence-corrected chi connectivity index (χ0v) is 13.3. The van der Waals surface area contributed by atoms with Crippen LogP contribution in [0.2, 0.25) is 0 Å². The highest BCUT2D eigenvalue weighted by Crippen LogP contribution is 2.23. The third-order valence-electron chi connectivity index (χ3n) is 3.96. The molecule has 0 saturated heterocycles. The highest BCUT2D eigenvalue weighted by atomic mass is 32.2. The Labute approximate surface area is 126 Å². The molecule has 1 aromatic rings. The quantitative estimate of drug-likeness (QED) is 0.833. The van der Waals surface area contributed by atoms with Crippen molar-refractivity contribution < 1.29 is 18.3 Å². The molecule has 0 amide bonds. The Bertz CT molecular complexity index is 585. The van der Waals surface area contributed by atoms with E-state index in [1.807, 2.05) is 0 Å². The number of benzene rings is 1. The third kappa shape index (κ3) is 3.96. The Kier molecular flexibility index (Phi) is 5.24. The molecule has 1 aliphatic carbocycles. The SMILES string of the molecule is COc1ccc(S(=O)(=O)NC2CCCCCC2O)cc1C. The first-order valence-corrected chi connectivity index (χ1v) is 8.77. The van der Waals surface area contributed by atoms with E-state index in [0.717, 1.165) is 24.8 Å². The van der Waals surface area contributed by atoms with Crippen LogP contribution in [0.5, 0.6) is 5.75 Å². The smallest absolute Gasteiger partial charge is 0.240 e. The average molecular weight is 313 g/mol. The van der Waals surface area contributed by atoms with E-state index in [2.05, 4.69) is 4.72 Å². The number of sulfonamides is 1. The minimum atomic E-state index is -3.62. The number of aliphatic hydroxyl groups excluding tert-OH is 1. The van der Waals surface area contributed by atoms with E-state index < -0.39 is 22.2 Å². The molecule has 118 valence electrons. The van der Waals surface area contributed by atoms with Gasteiger partial charge in [0.25, 0.3) is 0 Å². The van der Waals surface area contributed by atoms with Crippen molar-refractivity contribution in [3.8, 4) is 5.75 Å². The van der Waals surface area contributed by atoms with Gasteiger partial charge in [0.1, 0.15) is 5.75 Å². The molecule has 0 aliphatic heterocycles. The monoisotopic (exact) mass is 313 g/mol. The van der Waals surface area contributed by atoms with Crippen LogP contribution in [0, 0.1) is 6.92 Å². The lowest BCUT2D eigenvalue weighted by Crippen LogP contribution is -2.42. The largest absolute Gasteiger partial charge is 0.496 e. The van der Waals surface area contributed by atoms with Gasteiger partial charge in [0.2, 0.25) is 10.0 Å². The summed E-state index contributed by atoms with van der Waals surface area (Å²) in [5.74, 6) is 0.656. The lowest BCUT2D eigenvalue weighted by Gasteiger charge is -2.21. The molecule has 1 saturated carbocycles. The van der Waals surface area contributed by atoms with Crippen LogP contribution in [0.1, 0.15) is 37.7 Å². The van der Waals surface area contributed by atoms with Crippen molar-refractivity contribution in [1.82, 2.24) is 4.72 Å². The maximum absolute atomic E-state index is 12.4. The number of aliphatic hydroxyl groups is 1. The van der Waals surface area contributed by atoms with Gasteiger partial charge in [-0.1, -0.05) is 19.3 Å². The summed E-state index contributed by atoms with van der Waals surface area (Å²) in [7, 11) is -2.07. The van der Waals surface area contributed by atoms with E-state index in [0.29, 0.717) is 18.6 Å². The fourth-order valence-corrected chi connectivity index (χ4v) is 4.10. The van der Waals surface area contributed by atoms with Crippen molar-refractivity contribution in [3.05, 3.63) is 23.8 Å². The maximum Gasteiger partial charge on any atom is 0.240 e. The minimum Gasteiger partial charge on any atom is -0.496 e. The zero-order valence-electron chi connectivity index (χ0n) is 12.5. The second kappa shape index (κ2) is 6.77. The molecule has 1 aliphatic rings. The number of aryl methyl sites for hydroxylation is 1. The molecule has 21 heavy (non-hydrogen) atoms. The number of methoxy groups -OCH3 is 1. The standard InChI is InChI=1S/C15H23NO4S/c1-11-10-12(8-9-15(11)20-2)21(18,19)16-13-6-4-3-5-7-14(13)17/h8-10,13-14,16-17H,3-7H2,1-2H3. The van der Waals surface area contributed by atoms with Gasteiger partial charge in [-0.15, -0.1) is 0 Å². The van der Waals surface area contributed by atoms with E-state index in [1.54, 1.807) is 26.2 Å². The highest BCUT2D eigenvalue weighted by Gasteiger charge is 2.27. The summed E-state index contributed by atoms with van der Waals surface area (Å²) in [5.41, 5.74) is 0.766. The first kappa shape index (κ1) is 16.3. The van der Waals surface area contributed by atoms with Crippen molar-refractivity contribution in [1.29, 1.82) is 0 Å². The average Bonchev–Trinajstić information content (AvgIpc) is 2.64. The Hall–Kier alpha value is -1.11. The Balaban J connectivity index is 2.19. The van der Waals surface area contributed by atoms with Crippen LogP contribution in [0.3, 0.4) is 0 Å². The van der Waals surface area contributed by atoms with Crippen molar-refractivity contribution in [2.45, 2.75) is 56.1 Å². The topological polar surface area (TPSA) is 75.6 Å². The molecule has 2 atom stereocenters. The van der Waals surface area contributed by atoms with E-state index >= 15 is 0 Å². The molecule has 0 spiro atoms. The molecular formula is C15H23NO4S. The number of ether oxygens (including phenoxy) is 1. The summed E-state index contributed by atoms with van der Waals surface area (Å²) in [6, 6.07) is 4.36. The molecule has 0 radical (unpaired) electrons. The molecule has 5 nitrogen and oxygen atoms in total. The van der Waals surface area contributed by atoms with Gasteiger partial charge in [-0.3, -0.25) is 0 Å². The van der Waals surface area contributed by atoms with Gasteiger partial charge in [0.05, 0.1) is 18.1 Å². The number of hydrogen-bond acceptors (Lipinski definition) is 4. The van der Waals surface area contributed by atoms with Gasteiger partial charge in [-0.05, 0) is 43.5 Å². The molecule has 0 bridgehead atoms. The van der Waals surface area contributed by atoms with E-state index in [4.69, 9.17) is 4.74 Å². The van der Waals surface area contributed by atoms with Gasteiger partial charge in [0, 0.05) is 6.04 Å². The molecule has 2 rings (SSSR count). The number of rotatable bonds is 4. The van der Waals surface area contributed by atoms with E-state index in [9.17, 15) is 13.5 Å². The lowest BCUT2D eigenvalue weighted by atomic mass is 10.1. The van der Waals surface area contributed by atoms with Gasteiger partial charge >= 0.3 is 0 Å². The van der Waals surface area contributed by atoms with Crippen LogP contribution in [0.25, 0.3) is 0 Å². The van der Waals surface area contributed by atoms with Crippen LogP contribution in [-0.4, -0.2) is 32.8 Å². The normalized spacial score (nSPS) is 23.6. The van der Waals surface area contributed by atoms with Crippen molar-refractivity contribution in [2.24, 2.45) is 0 Å². The highest BCUT2D eigenvalue weighted by molar-refractivity contribution is 7.89. The van der Waals surface area contributed by atoms with Crippen LogP contribution in [0.4, 0.5) is 0 Å². The third-order valence-corrected chi connectivity index (χ3v) is 5.45. The summed E-state index contributed by atoms with van der Waals surface area (Å²) >= 11 is 0. The minimum absolute atomic E-state index is 0.206. The van der Waals surface area contributed by atoms with Crippen molar-refractivity contribution >= 4 is 10.0 Å². The summed E-state index contributed by atoms with van der Waals surface area (Å²) in [6.07, 6.45) is 3.63. The van der Waals surface area contributed by atoms with Gasteiger partial charge in [0.15, 0.2) is 0 Å². The van der Waals surface area contributed by atoms with Gasteiger partial charge in [-0.2, -0.15) is 0 Å². The van der Waals surface area contributed by atoms with Crippen molar-refractivity contribution in [2.75, 3.05) is 7.11 Å². The van der Waals surface area contributed by atoms with E-state index in [-0.39, 0.29) is 4.90 Å². The summed E-state index contributed by atoms with van der Waals surface area (Å²) in [6.45, 7) is 1.80. The summed E-state index contributed by atoms with van der Waals surface area (Å²) < 4.78 is 32.7. The molecule has 2 N–H and O–H groups in total. The van der Waals surface area contributed by atoms with Gasteiger partial charge < -0.3 is 9.84 Å². The summed E-state index contributed by atoms with van der Waals surface area (Å²) in [4.78, 5) is 0.206. The second-order valence-electron chi connectivity index (χ2n) is 5.56. The first-order valence-electron chi connectivity index (χ1n) is 7.29. The molecule has 6 heteroatoms. The van der Waals surface area contributed by atoms with Crippen LogP contribution >= 0.6 is 0 Å². The second-order valence-corrected chi connectivity index (χ2v) is 7.28. The van der Waals surface area contributed by atoms with Crippen LogP contribution < -0.4 is 9.46 Å².